The summed E-state index contributed by atoms with van der Waals surface area (Å²) >= 11 is 0. The molecular formula is C15H21N. The molecule has 1 atom stereocenters. The van der Waals surface area contributed by atoms with E-state index >= 15 is 0 Å². The van der Waals surface area contributed by atoms with Crippen LogP contribution < -0.4 is 0 Å². The zero-order chi connectivity index (χ0) is 10.8. The molecule has 1 nitrogen and oxygen atoms in total. The van der Waals surface area contributed by atoms with Gasteiger partial charge in [-0.25, -0.2) is 0 Å². The van der Waals surface area contributed by atoms with Gasteiger partial charge in [0, 0.05) is 17.8 Å². The summed E-state index contributed by atoms with van der Waals surface area (Å²) in [6.45, 7) is 0. The molecule has 1 aromatic rings. The lowest BCUT2D eigenvalue weighted by Crippen LogP contribution is -2.21. The Morgan fingerprint density at radius 2 is 1.88 bits per heavy atom. The van der Waals surface area contributed by atoms with Gasteiger partial charge in [-0.15, -0.1) is 0 Å². The van der Waals surface area contributed by atoms with Gasteiger partial charge in [0.1, 0.15) is 0 Å². The minimum Gasteiger partial charge on any atom is -0.261 e. The number of hydrogen-bond acceptors (Lipinski definition) is 1. The molecule has 1 heteroatoms. The van der Waals surface area contributed by atoms with Crippen LogP contribution >= 0.6 is 0 Å². The third-order valence-corrected chi connectivity index (χ3v) is 4.46. The van der Waals surface area contributed by atoms with Crippen molar-refractivity contribution < 1.29 is 0 Å². The largest absolute Gasteiger partial charge is 0.261 e. The molecule has 0 bridgehead atoms. The second kappa shape index (κ2) is 4.57. The molecule has 0 amide bonds. The highest BCUT2D eigenvalue weighted by atomic mass is 14.7. The zero-order valence-corrected chi connectivity index (χ0v) is 9.99. The molecule has 0 radical (unpaired) electrons. The lowest BCUT2D eigenvalue weighted by Gasteiger charge is -2.33. The number of fused-ring (bicyclic) bond motifs is 1. The molecule has 1 fully saturated rings. The highest BCUT2D eigenvalue weighted by Gasteiger charge is 2.29. The van der Waals surface area contributed by atoms with Crippen molar-refractivity contribution in [1.29, 1.82) is 0 Å². The SMILES string of the molecule is c1cnc2c(c1)CCCC2C1CCCCC1. The van der Waals surface area contributed by atoms with Gasteiger partial charge in [0.2, 0.25) is 0 Å². The monoisotopic (exact) mass is 215 g/mol. The molecule has 0 N–H and O–H groups in total. The van der Waals surface area contributed by atoms with Gasteiger partial charge >= 0.3 is 0 Å². The third kappa shape index (κ3) is 1.88. The molecule has 2 aliphatic carbocycles. The minimum atomic E-state index is 0.783. The minimum absolute atomic E-state index is 0.783. The van der Waals surface area contributed by atoms with Crippen LogP contribution in [0.4, 0.5) is 0 Å². The fraction of sp³-hybridized carbons (Fsp3) is 0.667. The number of aryl methyl sites for hydroxylation is 1. The standard InChI is InChI=1S/C15H21N/c1-2-6-12(7-3-1)14-10-4-8-13-9-5-11-16-15(13)14/h5,9,11-12,14H,1-4,6-8,10H2. The van der Waals surface area contributed by atoms with E-state index in [0.29, 0.717) is 0 Å². The fourth-order valence-corrected chi connectivity index (χ4v) is 3.64. The molecule has 3 rings (SSSR count). The van der Waals surface area contributed by atoms with Crippen molar-refractivity contribution >= 4 is 0 Å². The fourth-order valence-electron chi connectivity index (χ4n) is 3.64. The van der Waals surface area contributed by atoms with Crippen LogP contribution in [0.2, 0.25) is 0 Å². The summed E-state index contributed by atoms with van der Waals surface area (Å²) in [7, 11) is 0. The maximum absolute atomic E-state index is 4.68. The van der Waals surface area contributed by atoms with Crippen LogP contribution in [-0.2, 0) is 6.42 Å². The Morgan fingerprint density at radius 3 is 2.75 bits per heavy atom. The molecule has 0 saturated heterocycles. The Morgan fingerprint density at radius 1 is 1.00 bits per heavy atom. The predicted molar refractivity (Wildman–Crippen MR) is 66.5 cm³/mol. The van der Waals surface area contributed by atoms with Gasteiger partial charge in [-0.2, -0.15) is 0 Å². The average molecular weight is 215 g/mol. The maximum atomic E-state index is 4.68. The van der Waals surface area contributed by atoms with E-state index in [4.69, 9.17) is 0 Å². The van der Waals surface area contributed by atoms with Crippen LogP contribution in [0, 0.1) is 5.92 Å². The summed E-state index contributed by atoms with van der Waals surface area (Å²) in [5.41, 5.74) is 2.98. The van der Waals surface area contributed by atoms with Crippen molar-refractivity contribution in [2.45, 2.75) is 57.3 Å². The highest BCUT2D eigenvalue weighted by molar-refractivity contribution is 5.26. The number of rotatable bonds is 1. The molecule has 86 valence electrons. The lowest BCUT2D eigenvalue weighted by molar-refractivity contribution is 0.279. The Balaban J connectivity index is 1.86. The van der Waals surface area contributed by atoms with Gasteiger partial charge in [-0.1, -0.05) is 25.3 Å². The molecule has 0 spiro atoms. The topological polar surface area (TPSA) is 12.9 Å². The Hall–Kier alpha value is -0.850. The number of nitrogens with zero attached hydrogens (tertiary/aromatic N) is 1. The van der Waals surface area contributed by atoms with Crippen molar-refractivity contribution in [2.75, 3.05) is 0 Å². The predicted octanol–water partition coefficient (Wildman–Crippen LogP) is 4.08. The summed E-state index contributed by atoms with van der Waals surface area (Å²) in [5.74, 6) is 1.72. The van der Waals surface area contributed by atoms with Crippen LogP contribution in [0.5, 0.6) is 0 Å². The Bertz CT molecular complexity index is 352. The molecule has 0 aromatic carbocycles. The van der Waals surface area contributed by atoms with E-state index in [0.717, 1.165) is 11.8 Å². The van der Waals surface area contributed by atoms with Gasteiger partial charge in [0.15, 0.2) is 0 Å². The van der Waals surface area contributed by atoms with Crippen LogP contribution in [0.25, 0.3) is 0 Å². The molecule has 1 aromatic heterocycles. The smallest absolute Gasteiger partial charge is 0.0469 e. The first-order valence-corrected chi connectivity index (χ1v) is 6.89. The maximum Gasteiger partial charge on any atom is 0.0469 e. The average Bonchev–Trinajstić information content (AvgIpc) is 2.39. The summed E-state index contributed by atoms with van der Waals surface area (Å²) in [6, 6.07) is 4.39. The summed E-state index contributed by atoms with van der Waals surface area (Å²) in [6.07, 6.45) is 13.2. The van der Waals surface area contributed by atoms with Crippen LogP contribution in [-0.4, -0.2) is 4.98 Å². The van der Waals surface area contributed by atoms with Crippen LogP contribution in [0.15, 0.2) is 18.3 Å². The highest BCUT2D eigenvalue weighted by Crippen LogP contribution is 2.41. The molecule has 0 aliphatic heterocycles. The Kier molecular flexibility index (Phi) is 2.94. The summed E-state index contributed by atoms with van der Waals surface area (Å²) in [5, 5.41) is 0. The first-order chi connectivity index (χ1) is 7.95. The molecule has 1 saturated carbocycles. The number of hydrogen-bond donors (Lipinski definition) is 0. The molecule has 16 heavy (non-hydrogen) atoms. The van der Waals surface area contributed by atoms with Gasteiger partial charge in [-0.05, 0) is 49.7 Å². The third-order valence-electron chi connectivity index (χ3n) is 4.46. The molecule has 1 heterocycles. The first-order valence-electron chi connectivity index (χ1n) is 6.89. The van der Waals surface area contributed by atoms with Gasteiger partial charge in [-0.3, -0.25) is 4.98 Å². The van der Waals surface area contributed by atoms with E-state index in [-0.39, 0.29) is 0 Å². The van der Waals surface area contributed by atoms with Crippen molar-refractivity contribution in [1.82, 2.24) is 4.98 Å². The summed E-state index contributed by atoms with van der Waals surface area (Å²) < 4.78 is 0. The molecule has 1 unspecified atom stereocenters. The van der Waals surface area contributed by atoms with Crippen molar-refractivity contribution in [3.05, 3.63) is 29.6 Å². The summed E-state index contributed by atoms with van der Waals surface area (Å²) in [4.78, 5) is 4.68. The van der Waals surface area contributed by atoms with E-state index in [2.05, 4.69) is 17.1 Å². The van der Waals surface area contributed by atoms with Gasteiger partial charge in [0.25, 0.3) is 0 Å². The molecule has 2 aliphatic rings. The normalized spacial score (nSPS) is 26.4. The quantitative estimate of drug-likeness (QED) is 0.688. The first kappa shape index (κ1) is 10.3. The van der Waals surface area contributed by atoms with E-state index in [9.17, 15) is 0 Å². The van der Waals surface area contributed by atoms with E-state index in [1.165, 1.54) is 62.6 Å². The van der Waals surface area contributed by atoms with Gasteiger partial charge in [0.05, 0.1) is 0 Å². The van der Waals surface area contributed by atoms with E-state index < -0.39 is 0 Å². The van der Waals surface area contributed by atoms with Crippen molar-refractivity contribution in [3.8, 4) is 0 Å². The van der Waals surface area contributed by atoms with E-state index in [1.54, 1.807) is 0 Å². The van der Waals surface area contributed by atoms with Crippen molar-refractivity contribution in [3.63, 3.8) is 0 Å². The van der Waals surface area contributed by atoms with Crippen LogP contribution in [0.3, 0.4) is 0 Å². The zero-order valence-electron chi connectivity index (χ0n) is 9.99. The lowest BCUT2D eigenvalue weighted by atomic mass is 9.73. The van der Waals surface area contributed by atoms with Crippen molar-refractivity contribution in [2.24, 2.45) is 5.92 Å². The van der Waals surface area contributed by atoms with E-state index in [1.807, 2.05) is 6.20 Å². The Labute approximate surface area is 98.3 Å². The number of pyridine rings is 1. The second-order valence-corrected chi connectivity index (χ2v) is 5.44. The van der Waals surface area contributed by atoms with Gasteiger partial charge < -0.3 is 0 Å². The van der Waals surface area contributed by atoms with Crippen LogP contribution in [0.1, 0.15) is 62.1 Å². The second-order valence-electron chi connectivity index (χ2n) is 5.44. The molecular weight excluding hydrogens is 194 g/mol. The number of aromatic nitrogens is 1.